The maximum atomic E-state index is 6.38. The van der Waals surface area contributed by atoms with Gasteiger partial charge in [-0.2, -0.15) is 0 Å². The van der Waals surface area contributed by atoms with E-state index in [2.05, 4.69) is 58.0 Å². The van der Waals surface area contributed by atoms with Crippen LogP contribution in [0.25, 0.3) is 0 Å². The molecule has 0 spiro atoms. The first-order valence-electron chi connectivity index (χ1n) is 15.2. The van der Waals surface area contributed by atoms with E-state index < -0.39 is 0 Å². The number of benzene rings is 1. The van der Waals surface area contributed by atoms with E-state index in [4.69, 9.17) is 9.47 Å². The fourth-order valence-corrected chi connectivity index (χ4v) is 9.44. The molecule has 3 saturated carbocycles. The first-order valence-corrected chi connectivity index (χ1v) is 15.2. The summed E-state index contributed by atoms with van der Waals surface area (Å²) in [4.78, 5) is 0. The van der Waals surface area contributed by atoms with Gasteiger partial charge in [0.2, 0.25) is 0 Å². The highest BCUT2D eigenvalue weighted by molar-refractivity contribution is 5.14. The van der Waals surface area contributed by atoms with Crippen molar-refractivity contribution in [1.29, 1.82) is 0 Å². The highest BCUT2D eigenvalue weighted by Crippen LogP contribution is 2.68. The molecule has 1 aromatic carbocycles. The van der Waals surface area contributed by atoms with Crippen LogP contribution in [0.4, 0.5) is 0 Å². The first kappa shape index (κ1) is 27.2. The highest BCUT2D eigenvalue weighted by Gasteiger charge is 2.63. The Kier molecular flexibility index (Phi) is 8.74. The van der Waals surface area contributed by atoms with Crippen LogP contribution in [0.1, 0.15) is 105 Å². The summed E-state index contributed by atoms with van der Waals surface area (Å²) in [5, 5.41) is 0. The van der Waals surface area contributed by atoms with Crippen molar-refractivity contribution in [2.75, 3.05) is 19.8 Å². The maximum Gasteiger partial charge on any atom is 0.0717 e. The van der Waals surface area contributed by atoms with Gasteiger partial charge in [0.1, 0.15) is 0 Å². The first-order chi connectivity index (χ1) is 17.0. The minimum Gasteiger partial charge on any atom is -0.380 e. The van der Waals surface area contributed by atoms with Gasteiger partial charge < -0.3 is 9.47 Å². The van der Waals surface area contributed by atoms with Crippen LogP contribution in [-0.2, 0) is 16.1 Å². The molecule has 1 aliphatic heterocycles. The lowest BCUT2D eigenvalue weighted by Gasteiger charge is -2.60. The van der Waals surface area contributed by atoms with Gasteiger partial charge in [-0.15, -0.1) is 0 Å². The van der Waals surface area contributed by atoms with Crippen LogP contribution in [0.2, 0.25) is 0 Å². The zero-order valence-corrected chi connectivity index (χ0v) is 23.8. The summed E-state index contributed by atoms with van der Waals surface area (Å²) >= 11 is 0. The molecule has 2 nitrogen and oxygen atoms in total. The Labute approximate surface area is 216 Å². The molecule has 0 aromatic heterocycles. The normalized spacial score (nSPS) is 39.5. The van der Waals surface area contributed by atoms with Gasteiger partial charge in [0, 0.05) is 5.41 Å². The zero-order chi connectivity index (χ0) is 25.1. The van der Waals surface area contributed by atoms with Crippen LogP contribution in [0, 0.1) is 45.8 Å². The van der Waals surface area contributed by atoms with E-state index in [0.29, 0.717) is 10.8 Å². The Balaban J connectivity index is 0.00000141. The molecule has 198 valence electrons. The third-order valence-corrected chi connectivity index (χ3v) is 11.4. The third-order valence-electron chi connectivity index (χ3n) is 11.4. The van der Waals surface area contributed by atoms with Crippen LogP contribution < -0.4 is 0 Å². The van der Waals surface area contributed by atoms with Crippen LogP contribution >= 0.6 is 0 Å². The van der Waals surface area contributed by atoms with E-state index in [1.54, 1.807) is 0 Å². The molecule has 1 heterocycles. The summed E-state index contributed by atoms with van der Waals surface area (Å²) in [6, 6.07) is 10.7. The average molecular weight is 483 g/mol. The fourth-order valence-electron chi connectivity index (χ4n) is 9.44. The topological polar surface area (TPSA) is 18.5 Å². The van der Waals surface area contributed by atoms with Gasteiger partial charge in [-0.25, -0.2) is 0 Å². The Hall–Kier alpha value is -0.860. The smallest absolute Gasteiger partial charge is 0.0717 e. The summed E-state index contributed by atoms with van der Waals surface area (Å²) < 4.78 is 12.3. The second kappa shape index (κ2) is 11.3. The monoisotopic (exact) mass is 482 g/mol. The van der Waals surface area contributed by atoms with Crippen molar-refractivity contribution in [1.82, 2.24) is 0 Å². The minimum absolute atomic E-state index is 0.251. The quantitative estimate of drug-likeness (QED) is 0.368. The van der Waals surface area contributed by atoms with Crippen molar-refractivity contribution in [3.05, 3.63) is 35.9 Å². The van der Waals surface area contributed by atoms with Crippen LogP contribution in [0.5, 0.6) is 0 Å². The van der Waals surface area contributed by atoms with E-state index in [1.165, 1.54) is 63.4 Å². The SMILES string of the molecule is CC.CCCC1C2CCC3(C)C(CCC3C3(COCc4ccccc4)COC3)C2CCC1(C)CC. The van der Waals surface area contributed by atoms with Gasteiger partial charge in [-0.05, 0) is 90.9 Å². The van der Waals surface area contributed by atoms with Crippen molar-refractivity contribution < 1.29 is 9.47 Å². The van der Waals surface area contributed by atoms with Crippen molar-refractivity contribution in [2.45, 2.75) is 106 Å². The predicted octanol–water partition coefficient (Wildman–Crippen LogP) is 8.93. The Morgan fingerprint density at radius 3 is 2.26 bits per heavy atom. The van der Waals surface area contributed by atoms with Crippen LogP contribution in [0.15, 0.2) is 30.3 Å². The predicted molar refractivity (Wildman–Crippen MR) is 147 cm³/mol. The van der Waals surface area contributed by atoms with E-state index in [1.807, 2.05) is 13.8 Å². The molecular weight excluding hydrogens is 428 g/mol. The van der Waals surface area contributed by atoms with Crippen molar-refractivity contribution in [3.8, 4) is 0 Å². The standard InChI is InChI=1S/C31H48O2.C2H6/c1-5-10-26-24-16-18-30(4)27(25(24)15-17-29(26,3)6-2)13-14-28(30)31(21-33-22-31)20-32-19-23-11-8-7-9-12-23;1-2/h7-9,11-12,24-28H,5-6,10,13-22H2,1-4H3;1-2H3. The summed E-state index contributed by atoms with van der Waals surface area (Å²) in [6.07, 6.45) is 12.9. The van der Waals surface area contributed by atoms with Gasteiger partial charge >= 0.3 is 0 Å². The lowest BCUT2D eigenvalue weighted by atomic mass is 9.46. The van der Waals surface area contributed by atoms with E-state index in [9.17, 15) is 0 Å². The van der Waals surface area contributed by atoms with E-state index in [-0.39, 0.29) is 5.41 Å². The number of ether oxygens (including phenoxy) is 2. The molecule has 7 atom stereocenters. The maximum absolute atomic E-state index is 6.38. The van der Waals surface area contributed by atoms with Crippen LogP contribution in [-0.4, -0.2) is 19.8 Å². The van der Waals surface area contributed by atoms with Gasteiger partial charge in [0.05, 0.1) is 26.4 Å². The Morgan fingerprint density at radius 1 is 0.914 bits per heavy atom. The molecule has 0 radical (unpaired) electrons. The van der Waals surface area contributed by atoms with Crippen LogP contribution in [0.3, 0.4) is 0 Å². The number of fused-ring (bicyclic) bond motifs is 3. The highest BCUT2D eigenvalue weighted by atomic mass is 16.5. The number of rotatable bonds is 8. The average Bonchev–Trinajstić information content (AvgIpc) is 3.22. The fraction of sp³-hybridized carbons (Fsp3) is 0.818. The molecule has 5 rings (SSSR count). The van der Waals surface area contributed by atoms with E-state index >= 15 is 0 Å². The summed E-state index contributed by atoms with van der Waals surface area (Å²) in [5.41, 5.74) is 2.60. The van der Waals surface area contributed by atoms with E-state index in [0.717, 1.165) is 56.0 Å². The van der Waals surface area contributed by atoms with Gasteiger partial charge in [-0.1, -0.05) is 84.7 Å². The van der Waals surface area contributed by atoms with Gasteiger partial charge in [0.15, 0.2) is 0 Å². The molecule has 0 bridgehead atoms. The molecule has 2 heteroatoms. The molecule has 1 saturated heterocycles. The third kappa shape index (κ3) is 4.88. The zero-order valence-electron chi connectivity index (χ0n) is 23.8. The largest absolute Gasteiger partial charge is 0.380 e. The Bertz CT molecular complexity index is 786. The van der Waals surface area contributed by atoms with Crippen molar-refractivity contribution in [2.24, 2.45) is 45.8 Å². The lowest BCUT2D eigenvalue weighted by molar-refractivity contribution is -0.209. The lowest BCUT2D eigenvalue weighted by Crippen LogP contribution is -2.58. The molecule has 4 aliphatic rings. The van der Waals surface area contributed by atoms with Gasteiger partial charge in [0.25, 0.3) is 0 Å². The molecule has 0 N–H and O–H groups in total. The molecule has 4 fully saturated rings. The van der Waals surface area contributed by atoms with Crippen molar-refractivity contribution in [3.63, 3.8) is 0 Å². The Morgan fingerprint density at radius 2 is 1.63 bits per heavy atom. The number of hydrogen-bond donors (Lipinski definition) is 0. The molecule has 7 unspecified atom stereocenters. The second-order valence-corrected chi connectivity index (χ2v) is 12.9. The molecule has 35 heavy (non-hydrogen) atoms. The molecular formula is C33H54O2. The second-order valence-electron chi connectivity index (χ2n) is 12.9. The summed E-state index contributed by atoms with van der Waals surface area (Å²) in [6.45, 7) is 17.6. The van der Waals surface area contributed by atoms with Gasteiger partial charge in [-0.3, -0.25) is 0 Å². The number of hydrogen-bond acceptors (Lipinski definition) is 2. The molecule has 0 amide bonds. The minimum atomic E-state index is 0.251. The molecule has 1 aromatic rings. The summed E-state index contributed by atoms with van der Waals surface area (Å²) in [5.74, 6) is 4.58. The van der Waals surface area contributed by atoms with Crippen molar-refractivity contribution >= 4 is 0 Å². The molecule has 3 aliphatic carbocycles. The summed E-state index contributed by atoms with van der Waals surface area (Å²) in [7, 11) is 0.